The van der Waals surface area contributed by atoms with Gasteiger partial charge in [-0.05, 0) is 18.4 Å². The number of thiazole rings is 1. The lowest BCUT2D eigenvalue weighted by molar-refractivity contribution is 0.920. The van der Waals surface area contributed by atoms with Gasteiger partial charge < -0.3 is 5.32 Å². The Morgan fingerprint density at radius 3 is 3.07 bits per heavy atom. The fourth-order valence-corrected chi connectivity index (χ4v) is 2.57. The van der Waals surface area contributed by atoms with Crippen LogP contribution in [0.1, 0.15) is 10.4 Å². The van der Waals surface area contributed by atoms with Gasteiger partial charge in [0.15, 0.2) is 0 Å². The van der Waals surface area contributed by atoms with E-state index in [-0.39, 0.29) is 0 Å². The van der Waals surface area contributed by atoms with E-state index in [4.69, 9.17) is 0 Å². The molecule has 0 fully saturated rings. The molecule has 0 radical (unpaired) electrons. The van der Waals surface area contributed by atoms with Gasteiger partial charge in [-0.2, -0.15) is 0 Å². The molecule has 2 heterocycles. The van der Waals surface area contributed by atoms with Crippen LogP contribution >= 0.6 is 11.3 Å². The Balaban J connectivity index is 2.21. The monoisotopic (exact) mass is 218 g/mol. The van der Waals surface area contributed by atoms with Crippen molar-refractivity contribution in [1.82, 2.24) is 15.0 Å². The second-order valence-corrected chi connectivity index (χ2v) is 4.38. The second-order valence-electron chi connectivity index (χ2n) is 3.44. The summed E-state index contributed by atoms with van der Waals surface area (Å²) in [7, 11) is 1.83. The molecule has 0 amide bonds. The minimum absolute atomic E-state index is 0.662. The Bertz CT molecular complexity index is 506. The number of aromatic nitrogens is 3. The summed E-state index contributed by atoms with van der Waals surface area (Å²) in [6.45, 7) is 0. The van der Waals surface area contributed by atoms with Crippen molar-refractivity contribution in [3.05, 3.63) is 22.1 Å². The number of hydrogen-bond donors (Lipinski definition) is 1. The Kier molecular flexibility index (Phi) is 1.92. The van der Waals surface area contributed by atoms with E-state index < -0.39 is 0 Å². The molecule has 1 N–H and O–H groups in total. The minimum atomic E-state index is 0.662. The fraction of sp³-hybridized carbons (Fsp3) is 0.300. The number of nitrogens with one attached hydrogen (secondary N) is 1. The number of hydrogen-bond acceptors (Lipinski definition) is 5. The van der Waals surface area contributed by atoms with Gasteiger partial charge in [0.25, 0.3) is 0 Å². The van der Waals surface area contributed by atoms with Crippen LogP contribution < -0.4 is 5.32 Å². The van der Waals surface area contributed by atoms with E-state index in [2.05, 4.69) is 20.3 Å². The molecule has 2 aromatic heterocycles. The molecule has 1 aliphatic rings. The lowest BCUT2D eigenvalue weighted by Gasteiger charge is -2.14. The van der Waals surface area contributed by atoms with Gasteiger partial charge in [0.1, 0.15) is 5.69 Å². The molecule has 0 spiro atoms. The largest absolute Gasteiger partial charge is 0.357 e. The highest BCUT2D eigenvalue weighted by molar-refractivity contribution is 7.10. The molecule has 15 heavy (non-hydrogen) atoms. The first-order valence-electron chi connectivity index (χ1n) is 4.85. The van der Waals surface area contributed by atoms with Gasteiger partial charge in [-0.1, -0.05) is 0 Å². The molecule has 4 nitrogen and oxygen atoms in total. The highest BCUT2D eigenvalue weighted by atomic mass is 32.1. The van der Waals surface area contributed by atoms with Crippen molar-refractivity contribution in [1.29, 1.82) is 0 Å². The minimum Gasteiger partial charge on any atom is -0.357 e. The maximum atomic E-state index is 4.47. The van der Waals surface area contributed by atoms with E-state index in [1.807, 2.05) is 18.8 Å². The molecular formula is C10H10N4S. The Hall–Kier alpha value is -1.49. The summed E-state index contributed by atoms with van der Waals surface area (Å²) in [6, 6.07) is 0. The standard InChI is InChI=1S/C10H10N4S/c1-11-10-12-4-6-2-3-7-9(8(6)14-10)13-5-15-7/h4-5H,2-3H2,1H3,(H,11,12,14). The van der Waals surface area contributed by atoms with Crippen molar-refractivity contribution in [2.45, 2.75) is 12.8 Å². The van der Waals surface area contributed by atoms with Crippen LogP contribution in [0.15, 0.2) is 11.7 Å². The average molecular weight is 218 g/mol. The first-order chi connectivity index (χ1) is 7.38. The molecule has 1 aliphatic carbocycles. The zero-order chi connectivity index (χ0) is 10.3. The number of rotatable bonds is 1. The van der Waals surface area contributed by atoms with Crippen LogP contribution in [0.5, 0.6) is 0 Å². The lowest BCUT2D eigenvalue weighted by atomic mass is 10.00. The molecule has 76 valence electrons. The highest BCUT2D eigenvalue weighted by Gasteiger charge is 2.20. The third kappa shape index (κ3) is 1.31. The Morgan fingerprint density at radius 2 is 2.20 bits per heavy atom. The van der Waals surface area contributed by atoms with Crippen molar-refractivity contribution in [3.8, 4) is 11.4 Å². The van der Waals surface area contributed by atoms with E-state index in [0.717, 1.165) is 24.2 Å². The molecular weight excluding hydrogens is 208 g/mol. The first-order valence-corrected chi connectivity index (χ1v) is 5.73. The third-order valence-corrected chi connectivity index (χ3v) is 3.47. The summed E-state index contributed by atoms with van der Waals surface area (Å²) < 4.78 is 0. The fourth-order valence-electron chi connectivity index (χ4n) is 1.80. The Morgan fingerprint density at radius 1 is 1.27 bits per heavy atom. The SMILES string of the molecule is CNc1ncc2c(n1)-c1ncsc1CC2. The maximum Gasteiger partial charge on any atom is 0.223 e. The predicted octanol–water partition coefficient (Wildman–Crippen LogP) is 1.74. The summed E-state index contributed by atoms with van der Waals surface area (Å²) in [5, 5.41) is 2.95. The molecule has 0 saturated heterocycles. The Labute approximate surface area is 91.4 Å². The molecule has 0 atom stereocenters. The van der Waals surface area contributed by atoms with Gasteiger partial charge in [-0.15, -0.1) is 11.3 Å². The van der Waals surface area contributed by atoms with Crippen LogP contribution in [0.25, 0.3) is 11.4 Å². The number of fused-ring (bicyclic) bond motifs is 3. The smallest absolute Gasteiger partial charge is 0.223 e. The molecule has 0 bridgehead atoms. The van der Waals surface area contributed by atoms with Crippen molar-refractivity contribution in [2.24, 2.45) is 0 Å². The molecule has 2 aromatic rings. The molecule has 0 saturated carbocycles. The molecule has 0 aromatic carbocycles. The van der Waals surface area contributed by atoms with Gasteiger partial charge in [-0.25, -0.2) is 15.0 Å². The number of anilines is 1. The first kappa shape index (κ1) is 8.79. The van der Waals surface area contributed by atoms with E-state index in [0.29, 0.717) is 5.95 Å². The highest BCUT2D eigenvalue weighted by Crippen LogP contribution is 2.33. The van der Waals surface area contributed by atoms with Crippen LogP contribution in [0.3, 0.4) is 0 Å². The number of nitrogens with zero attached hydrogens (tertiary/aromatic N) is 3. The normalized spacial score (nSPS) is 13.1. The van der Waals surface area contributed by atoms with E-state index >= 15 is 0 Å². The molecule has 3 rings (SSSR count). The van der Waals surface area contributed by atoms with E-state index in [9.17, 15) is 0 Å². The van der Waals surface area contributed by atoms with Gasteiger partial charge in [-0.3, -0.25) is 0 Å². The summed E-state index contributed by atoms with van der Waals surface area (Å²) in [5.41, 5.74) is 5.13. The second kappa shape index (κ2) is 3.27. The van der Waals surface area contributed by atoms with Crippen molar-refractivity contribution in [3.63, 3.8) is 0 Å². The van der Waals surface area contributed by atoms with Crippen molar-refractivity contribution >= 4 is 17.3 Å². The van der Waals surface area contributed by atoms with Crippen LogP contribution in [0.4, 0.5) is 5.95 Å². The van der Waals surface area contributed by atoms with E-state index in [1.54, 1.807) is 11.3 Å². The zero-order valence-electron chi connectivity index (χ0n) is 8.32. The van der Waals surface area contributed by atoms with Crippen LogP contribution in [0, 0.1) is 0 Å². The van der Waals surface area contributed by atoms with Crippen LogP contribution in [0.2, 0.25) is 0 Å². The summed E-state index contributed by atoms with van der Waals surface area (Å²) >= 11 is 1.71. The quantitative estimate of drug-likeness (QED) is 0.792. The summed E-state index contributed by atoms with van der Waals surface area (Å²) in [5.74, 6) is 0.662. The van der Waals surface area contributed by atoms with Gasteiger partial charge >= 0.3 is 0 Å². The molecule has 0 aliphatic heterocycles. The summed E-state index contributed by atoms with van der Waals surface area (Å²) in [4.78, 5) is 14.4. The van der Waals surface area contributed by atoms with Crippen LogP contribution in [-0.2, 0) is 12.8 Å². The van der Waals surface area contributed by atoms with Crippen molar-refractivity contribution in [2.75, 3.05) is 12.4 Å². The van der Waals surface area contributed by atoms with Gasteiger partial charge in [0, 0.05) is 18.1 Å². The van der Waals surface area contributed by atoms with Gasteiger partial charge in [0.05, 0.1) is 11.2 Å². The molecule has 0 unspecified atom stereocenters. The summed E-state index contributed by atoms with van der Waals surface area (Å²) in [6.07, 6.45) is 3.99. The zero-order valence-corrected chi connectivity index (χ0v) is 9.14. The third-order valence-electron chi connectivity index (χ3n) is 2.57. The maximum absolute atomic E-state index is 4.47. The van der Waals surface area contributed by atoms with Gasteiger partial charge in [0.2, 0.25) is 5.95 Å². The predicted molar refractivity (Wildman–Crippen MR) is 60.1 cm³/mol. The average Bonchev–Trinajstić information content (AvgIpc) is 2.76. The topological polar surface area (TPSA) is 50.7 Å². The van der Waals surface area contributed by atoms with Crippen LogP contribution in [-0.4, -0.2) is 22.0 Å². The number of aryl methyl sites for hydroxylation is 2. The van der Waals surface area contributed by atoms with E-state index in [1.165, 1.54) is 10.4 Å². The van der Waals surface area contributed by atoms with Crippen molar-refractivity contribution < 1.29 is 0 Å². The molecule has 5 heteroatoms. The lowest BCUT2D eigenvalue weighted by Crippen LogP contribution is -2.07.